The number of carbonyl (C=O) groups is 1. The van der Waals surface area contributed by atoms with Crippen molar-refractivity contribution < 1.29 is 19.0 Å². The molecule has 0 amide bonds. The summed E-state index contributed by atoms with van der Waals surface area (Å²) in [5.74, 6) is 0.623. The molecule has 1 rings (SSSR count). The van der Waals surface area contributed by atoms with Gasteiger partial charge in [0.05, 0.1) is 24.2 Å². The minimum absolute atomic E-state index is 0.214. The van der Waals surface area contributed by atoms with Gasteiger partial charge in [-0.05, 0) is 12.5 Å². The van der Waals surface area contributed by atoms with E-state index in [-0.39, 0.29) is 5.97 Å². The third-order valence-corrected chi connectivity index (χ3v) is 2.90. The molecule has 0 N–H and O–H groups in total. The Morgan fingerprint density at radius 1 is 1.05 bits per heavy atom. The van der Waals surface area contributed by atoms with Crippen molar-refractivity contribution >= 4 is 28.6 Å². The van der Waals surface area contributed by atoms with Gasteiger partial charge in [-0.3, -0.25) is 4.79 Å². The Morgan fingerprint density at radius 3 is 2.40 bits per heavy atom. The number of aryl methyl sites for hydroxylation is 1. The van der Waals surface area contributed by atoms with Gasteiger partial charge in [0.15, 0.2) is 0 Å². The molecule has 20 heavy (non-hydrogen) atoms. The van der Waals surface area contributed by atoms with Gasteiger partial charge in [-0.15, -0.1) is 0 Å². The zero-order valence-electron chi connectivity index (χ0n) is 11.3. The molecular weight excluding hydrogens is 375 g/mol. The fourth-order valence-corrected chi connectivity index (χ4v) is 1.59. The summed E-state index contributed by atoms with van der Waals surface area (Å²) in [4.78, 5) is 19.1. The first-order chi connectivity index (χ1) is 9.83. The van der Waals surface area contributed by atoms with E-state index in [4.69, 9.17) is 14.2 Å². The highest BCUT2D eigenvalue weighted by Crippen LogP contribution is 1.94. The molecule has 0 aliphatic heterocycles. The standard InChI is InChI=1S/C13H19IN2O4/c14-11-13(17)20-10-9-19-8-7-18-6-1-3-12-15-4-2-5-16-12/h2,4-5H,1,3,6-11H2. The van der Waals surface area contributed by atoms with Crippen LogP contribution < -0.4 is 0 Å². The number of alkyl halides is 1. The van der Waals surface area contributed by atoms with E-state index < -0.39 is 0 Å². The van der Waals surface area contributed by atoms with Crippen LogP contribution in [0.1, 0.15) is 12.2 Å². The van der Waals surface area contributed by atoms with Crippen LogP contribution in [-0.4, -0.2) is 53.4 Å². The molecule has 0 radical (unpaired) electrons. The second-order valence-corrected chi connectivity index (χ2v) is 4.61. The lowest BCUT2D eigenvalue weighted by Gasteiger charge is -2.06. The molecule has 6 nitrogen and oxygen atoms in total. The molecule has 0 spiro atoms. The maximum Gasteiger partial charge on any atom is 0.315 e. The van der Waals surface area contributed by atoms with Gasteiger partial charge in [0.1, 0.15) is 12.4 Å². The maximum atomic E-state index is 10.8. The predicted octanol–water partition coefficient (Wildman–Crippen LogP) is 1.42. The van der Waals surface area contributed by atoms with E-state index in [0.717, 1.165) is 18.7 Å². The molecule has 0 saturated carbocycles. The molecule has 0 atom stereocenters. The van der Waals surface area contributed by atoms with E-state index in [1.165, 1.54) is 0 Å². The van der Waals surface area contributed by atoms with Crippen LogP contribution in [0.15, 0.2) is 18.5 Å². The van der Waals surface area contributed by atoms with Crippen LogP contribution in [0.5, 0.6) is 0 Å². The fraction of sp³-hybridized carbons (Fsp3) is 0.615. The number of ether oxygens (including phenoxy) is 3. The van der Waals surface area contributed by atoms with Crippen molar-refractivity contribution in [2.24, 2.45) is 0 Å². The molecule has 0 unspecified atom stereocenters. The number of esters is 1. The number of halogens is 1. The van der Waals surface area contributed by atoms with E-state index in [9.17, 15) is 4.79 Å². The Balaban J connectivity index is 1.82. The minimum Gasteiger partial charge on any atom is -0.463 e. The normalized spacial score (nSPS) is 10.4. The summed E-state index contributed by atoms with van der Waals surface area (Å²) in [6.07, 6.45) is 5.18. The number of carbonyl (C=O) groups excluding carboxylic acids is 1. The lowest BCUT2D eigenvalue weighted by atomic mass is 10.3. The number of nitrogens with zero attached hydrogens (tertiary/aromatic N) is 2. The molecule has 112 valence electrons. The van der Waals surface area contributed by atoms with Gasteiger partial charge in [-0.1, -0.05) is 22.6 Å². The average Bonchev–Trinajstić information content (AvgIpc) is 2.50. The highest BCUT2D eigenvalue weighted by atomic mass is 127. The van der Waals surface area contributed by atoms with Gasteiger partial charge in [0.25, 0.3) is 0 Å². The molecular formula is C13H19IN2O4. The van der Waals surface area contributed by atoms with E-state index >= 15 is 0 Å². The Bertz CT molecular complexity index is 365. The Kier molecular flexibility index (Phi) is 10.3. The second-order valence-electron chi connectivity index (χ2n) is 3.85. The van der Waals surface area contributed by atoms with Gasteiger partial charge < -0.3 is 14.2 Å². The fourth-order valence-electron chi connectivity index (χ4n) is 1.37. The van der Waals surface area contributed by atoms with Crippen molar-refractivity contribution in [3.8, 4) is 0 Å². The van der Waals surface area contributed by atoms with Crippen molar-refractivity contribution in [3.63, 3.8) is 0 Å². The van der Waals surface area contributed by atoms with E-state index in [1.807, 2.05) is 22.6 Å². The summed E-state index contributed by atoms with van der Waals surface area (Å²) in [6, 6.07) is 1.80. The topological polar surface area (TPSA) is 70.5 Å². The smallest absolute Gasteiger partial charge is 0.315 e. The predicted molar refractivity (Wildman–Crippen MR) is 81.8 cm³/mol. The third kappa shape index (κ3) is 9.16. The molecule has 0 aliphatic rings. The second kappa shape index (κ2) is 12.0. The number of aromatic nitrogens is 2. The molecule has 0 aromatic carbocycles. The first-order valence-electron chi connectivity index (χ1n) is 6.46. The SMILES string of the molecule is O=C(CI)OCCOCCOCCCc1ncccn1. The van der Waals surface area contributed by atoms with Crippen molar-refractivity contribution in [2.75, 3.05) is 37.5 Å². The highest BCUT2D eigenvalue weighted by molar-refractivity contribution is 14.1. The Labute approximate surface area is 132 Å². The van der Waals surface area contributed by atoms with Crippen molar-refractivity contribution in [2.45, 2.75) is 12.8 Å². The molecule has 1 aromatic heterocycles. The van der Waals surface area contributed by atoms with Crippen LogP contribution in [0, 0.1) is 0 Å². The van der Waals surface area contributed by atoms with Crippen LogP contribution in [0.25, 0.3) is 0 Å². The summed E-state index contributed by atoms with van der Waals surface area (Å²) in [6.45, 7) is 2.40. The Morgan fingerprint density at radius 2 is 1.70 bits per heavy atom. The van der Waals surface area contributed by atoms with Gasteiger partial charge >= 0.3 is 5.97 Å². The van der Waals surface area contributed by atoms with E-state index in [2.05, 4.69) is 9.97 Å². The lowest BCUT2D eigenvalue weighted by molar-refractivity contribution is -0.141. The van der Waals surface area contributed by atoms with Crippen molar-refractivity contribution in [3.05, 3.63) is 24.3 Å². The van der Waals surface area contributed by atoms with Crippen LogP contribution in [0.2, 0.25) is 0 Å². The first kappa shape index (κ1) is 17.3. The molecule has 7 heteroatoms. The molecule has 1 heterocycles. The van der Waals surface area contributed by atoms with Crippen LogP contribution in [0.4, 0.5) is 0 Å². The summed E-state index contributed by atoms with van der Waals surface area (Å²) in [5, 5.41) is 0. The summed E-state index contributed by atoms with van der Waals surface area (Å²) in [7, 11) is 0. The van der Waals surface area contributed by atoms with Crippen LogP contribution >= 0.6 is 22.6 Å². The number of rotatable bonds is 11. The van der Waals surface area contributed by atoms with Crippen molar-refractivity contribution in [1.82, 2.24) is 9.97 Å². The zero-order valence-corrected chi connectivity index (χ0v) is 13.5. The number of hydrogen-bond donors (Lipinski definition) is 0. The summed E-state index contributed by atoms with van der Waals surface area (Å²) < 4.78 is 15.9. The van der Waals surface area contributed by atoms with Gasteiger partial charge in [-0.25, -0.2) is 9.97 Å². The third-order valence-electron chi connectivity index (χ3n) is 2.28. The molecule has 1 aromatic rings. The quantitative estimate of drug-likeness (QED) is 0.245. The summed E-state index contributed by atoms with van der Waals surface area (Å²) >= 11 is 1.96. The minimum atomic E-state index is -0.214. The average molecular weight is 394 g/mol. The monoisotopic (exact) mass is 394 g/mol. The zero-order chi connectivity index (χ0) is 14.5. The lowest BCUT2D eigenvalue weighted by Crippen LogP contribution is -2.13. The van der Waals surface area contributed by atoms with Gasteiger partial charge in [-0.2, -0.15) is 0 Å². The molecule has 0 aliphatic carbocycles. The van der Waals surface area contributed by atoms with Crippen LogP contribution in [0.3, 0.4) is 0 Å². The number of hydrogen-bond acceptors (Lipinski definition) is 6. The van der Waals surface area contributed by atoms with Crippen molar-refractivity contribution in [1.29, 1.82) is 0 Å². The molecule has 0 saturated heterocycles. The van der Waals surface area contributed by atoms with E-state index in [0.29, 0.717) is 37.5 Å². The maximum absolute atomic E-state index is 10.8. The van der Waals surface area contributed by atoms with Crippen LogP contribution in [-0.2, 0) is 25.4 Å². The van der Waals surface area contributed by atoms with Gasteiger partial charge in [0.2, 0.25) is 0 Å². The highest BCUT2D eigenvalue weighted by Gasteiger charge is 1.98. The molecule has 0 bridgehead atoms. The van der Waals surface area contributed by atoms with E-state index in [1.54, 1.807) is 18.5 Å². The Hall–Kier alpha value is -0.800. The molecule has 0 fully saturated rings. The largest absolute Gasteiger partial charge is 0.463 e. The van der Waals surface area contributed by atoms with Gasteiger partial charge in [0, 0.05) is 25.4 Å². The first-order valence-corrected chi connectivity index (χ1v) is 7.98. The summed E-state index contributed by atoms with van der Waals surface area (Å²) in [5.41, 5.74) is 0.